The average molecular weight is 654 g/mol. The van der Waals surface area contributed by atoms with Gasteiger partial charge in [0, 0.05) is 44.7 Å². The van der Waals surface area contributed by atoms with Gasteiger partial charge in [0.1, 0.15) is 34.2 Å². The fourth-order valence-electron chi connectivity index (χ4n) is 6.68. The molecule has 4 aliphatic rings. The second kappa shape index (κ2) is 11.3. The number of morpholine rings is 1. The van der Waals surface area contributed by atoms with Gasteiger partial charge in [0.05, 0.1) is 37.0 Å². The predicted octanol–water partition coefficient (Wildman–Crippen LogP) is 4.07. The third-order valence-corrected chi connectivity index (χ3v) is 9.40. The van der Waals surface area contributed by atoms with Crippen molar-refractivity contribution in [3.63, 3.8) is 0 Å². The highest BCUT2D eigenvalue weighted by Gasteiger charge is 2.46. The van der Waals surface area contributed by atoms with E-state index >= 15 is 8.78 Å². The molecule has 3 fully saturated rings. The lowest BCUT2D eigenvalue weighted by atomic mass is 9.95. The molecule has 3 aromatic rings. The molecule has 0 spiro atoms. The first-order chi connectivity index (χ1) is 21.9. The number of rotatable bonds is 6. The number of halogens is 6. The summed E-state index contributed by atoms with van der Waals surface area (Å²) in [5.41, 5.74) is -1.38. The predicted molar refractivity (Wildman–Crippen MR) is 155 cm³/mol. The summed E-state index contributed by atoms with van der Waals surface area (Å²) < 4.78 is 108. The van der Waals surface area contributed by atoms with Crippen molar-refractivity contribution in [1.82, 2.24) is 25.2 Å². The summed E-state index contributed by atoms with van der Waals surface area (Å²) in [5, 5.41) is 3.29. The van der Waals surface area contributed by atoms with Crippen LogP contribution in [0.25, 0.3) is 22.2 Å². The van der Waals surface area contributed by atoms with Crippen LogP contribution in [0.3, 0.4) is 0 Å². The number of benzene rings is 1. The molecule has 3 N–H and O–H groups in total. The van der Waals surface area contributed by atoms with Gasteiger partial charge in [-0.3, -0.25) is 4.90 Å². The fraction of sp³-hybridized carbons (Fsp3) is 0.567. The van der Waals surface area contributed by atoms with Gasteiger partial charge in [-0.1, -0.05) is 0 Å². The molecule has 0 radical (unpaired) electrons. The SMILES string of the molecule is Cc1c(F)c(N)c(F)c(-c2nc3c4c(nc(OCC5(CN6CCOCC6)CC5)nc4c2F)N2CCNC[C@H]2[C@H](C)O3)c1C(F)(F)F. The molecule has 46 heavy (non-hydrogen) atoms. The molecule has 0 amide bonds. The van der Waals surface area contributed by atoms with Crippen LogP contribution in [0.1, 0.15) is 30.9 Å². The molecule has 16 heteroatoms. The number of nitrogens with one attached hydrogen (secondary N) is 1. The van der Waals surface area contributed by atoms with Crippen molar-refractivity contribution < 1.29 is 40.6 Å². The number of alkyl halides is 3. The summed E-state index contributed by atoms with van der Waals surface area (Å²) in [6.07, 6.45) is -4.06. The topological polar surface area (TPSA) is 111 Å². The number of anilines is 2. The van der Waals surface area contributed by atoms with Crippen molar-refractivity contribution in [2.75, 3.05) is 69.7 Å². The Morgan fingerprint density at radius 3 is 2.48 bits per heavy atom. The van der Waals surface area contributed by atoms with E-state index in [4.69, 9.17) is 19.9 Å². The van der Waals surface area contributed by atoms with E-state index < -0.39 is 63.3 Å². The first-order valence-corrected chi connectivity index (χ1v) is 15.2. The average Bonchev–Trinajstić information content (AvgIpc) is 3.82. The second-order valence-corrected chi connectivity index (χ2v) is 12.5. The van der Waals surface area contributed by atoms with E-state index in [1.807, 2.05) is 4.90 Å². The number of fused-ring (bicyclic) bond motifs is 2. The van der Waals surface area contributed by atoms with Gasteiger partial charge in [-0.25, -0.2) is 18.2 Å². The molecular formula is C30H33F6N7O3. The quantitative estimate of drug-likeness (QED) is 0.299. The van der Waals surface area contributed by atoms with E-state index in [0.717, 1.165) is 39.4 Å². The van der Waals surface area contributed by atoms with E-state index in [2.05, 4.69) is 25.2 Å². The van der Waals surface area contributed by atoms with Gasteiger partial charge in [-0.15, -0.1) is 0 Å². The maximum Gasteiger partial charge on any atom is 0.417 e. The molecule has 5 heterocycles. The highest BCUT2D eigenvalue weighted by atomic mass is 19.4. The minimum absolute atomic E-state index is 0.0140. The standard InChI is InChI=1S/C30H33F6N7O3/c1-14-19(30(34,35)36)17(21(32)23(37)20(14)31)24-22(33)25-18-26(43-6-5-38-11-16(43)15(2)46-27(18)39-24)41-28(40-25)45-13-29(3-4-29)12-42-7-9-44-10-8-42/h15-16,38H,3-13,37H2,1-2H3/t15-,16-/m0/s1. The molecule has 2 saturated heterocycles. The van der Waals surface area contributed by atoms with Gasteiger partial charge in [-0.2, -0.15) is 23.1 Å². The number of piperazine rings is 1. The van der Waals surface area contributed by atoms with Crippen molar-refractivity contribution in [3.05, 3.63) is 28.6 Å². The Labute approximate surface area is 260 Å². The number of hydrogen-bond acceptors (Lipinski definition) is 10. The molecule has 7 rings (SSSR count). The summed E-state index contributed by atoms with van der Waals surface area (Å²) in [6, 6.07) is -0.501. The molecule has 3 aliphatic heterocycles. The number of nitrogen functional groups attached to an aromatic ring is 1. The minimum atomic E-state index is -5.28. The minimum Gasteiger partial charge on any atom is -0.472 e. The van der Waals surface area contributed by atoms with Crippen LogP contribution in [0.5, 0.6) is 11.9 Å². The number of aromatic nitrogens is 3. The van der Waals surface area contributed by atoms with E-state index in [9.17, 15) is 17.6 Å². The highest BCUT2D eigenvalue weighted by molar-refractivity contribution is 5.97. The van der Waals surface area contributed by atoms with E-state index in [-0.39, 0.29) is 41.2 Å². The van der Waals surface area contributed by atoms with Gasteiger partial charge < -0.3 is 30.2 Å². The zero-order chi connectivity index (χ0) is 32.5. The van der Waals surface area contributed by atoms with Crippen LogP contribution < -0.4 is 25.4 Å². The molecular weight excluding hydrogens is 620 g/mol. The maximum absolute atomic E-state index is 16.6. The van der Waals surface area contributed by atoms with Crippen LogP contribution in [0.4, 0.5) is 37.8 Å². The van der Waals surface area contributed by atoms with Gasteiger partial charge in [0.25, 0.3) is 0 Å². The van der Waals surface area contributed by atoms with E-state index in [1.165, 1.54) is 0 Å². The van der Waals surface area contributed by atoms with Crippen LogP contribution in [-0.2, 0) is 10.9 Å². The zero-order valence-corrected chi connectivity index (χ0v) is 25.2. The summed E-state index contributed by atoms with van der Waals surface area (Å²) in [6.45, 7) is 7.94. The van der Waals surface area contributed by atoms with Gasteiger partial charge in [-0.05, 0) is 32.3 Å². The lowest BCUT2D eigenvalue weighted by Crippen LogP contribution is -2.56. The van der Waals surface area contributed by atoms with Gasteiger partial charge in [0.2, 0.25) is 5.88 Å². The third-order valence-electron chi connectivity index (χ3n) is 9.40. The lowest BCUT2D eigenvalue weighted by molar-refractivity contribution is -0.137. The summed E-state index contributed by atoms with van der Waals surface area (Å²) >= 11 is 0. The maximum atomic E-state index is 16.6. The first-order valence-electron chi connectivity index (χ1n) is 15.2. The second-order valence-electron chi connectivity index (χ2n) is 12.5. The zero-order valence-electron chi connectivity index (χ0n) is 25.2. The first kappa shape index (κ1) is 31.0. The summed E-state index contributed by atoms with van der Waals surface area (Å²) in [4.78, 5) is 17.3. The molecule has 0 unspecified atom stereocenters. The molecule has 2 atom stereocenters. The fourth-order valence-corrected chi connectivity index (χ4v) is 6.68. The van der Waals surface area contributed by atoms with Crippen LogP contribution in [-0.4, -0.2) is 91.1 Å². The third kappa shape index (κ3) is 5.23. The Kier molecular flexibility index (Phi) is 7.59. The largest absolute Gasteiger partial charge is 0.472 e. The van der Waals surface area contributed by atoms with Crippen LogP contribution in [0, 0.1) is 29.8 Å². The van der Waals surface area contributed by atoms with Crippen LogP contribution in [0.15, 0.2) is 0 Å². The molecule has 0 bridgehead atoms. The van der Waals surface area contributed by atoms with Crippen molar-refractivity contribution in [2.45, 2.75) is 45.0 Å². The number of hydrogen-bond donors (Lipinski definition) is 2. The van der Waals surface area contributed by atoms with Gasteiger partial charge >= 0.3 is 12.2 Å². The van der Waals surface area contributed by atoms with Crippen molar-refractivity contribution in [2.24, 2.45) is 5.41 Å². The Balaban J connectivity index is 1.39. The Morgan fingerprint density at radius 1 is 1.04 bits per heavy atom. The molecule has 10 nitrogen and oxygen atoms in total. The molecule has 2 aromatic heterocycles. The van der Waals surface area contributed by atoms with Crippen molar-refractivity contribution in [1.29, 1.82) is 0 Å². The molecule has 1 aliphatic carbocycles. The van der Waals surface area contributed by atoms with E-state index in [1.54, 1.807) is 6.92 Å². The number of nitrogens with two attached hydrogens (primary N) is 1. The normalized spacial score (nSPS) is 22.7. The smallest absolute Gasteiger partial charge is 0.417 e. The van der Waals surface area contributed by atoms with E-state index in [0.29, 0.717) is 32.8 Å². The Morgan fingerprint density at radius 2 is 1.78 bits per heavy atom. The molecule has 248 valence electrons. The Hall–Kier alpha value is -3.63. The summed E-state index contributed by atoms with van der Waals surface area (Å²) in [7, 11) is 0. The lowest BCUT2D eigenvalue weighted by Gasteiger charge is -2.38. The number of nitrogens with zero attached hydrogens (tertiary/aromatic N) is 5. The molecule has 1 aromatic carbocycles. The summed E-state index contributed by atoms with van der Waals surface area (Å²) in [5.74, 6) is -4.79. The number of ether oxygens (including phenoxy) is 3. The number of pyridine rings is 1. The van der Waals surface area contributed by atoms with Crippen molar-refractivity contribution in [3.8, 4) is 23.1 Å². The van der Waals surface area contributed by atoms with Gasteiger partial charge in [0.15, 0.2) is 17.5 Å². The van der Waals surface area contributed by atoms with Crippen LogP contribution in [0.2, 0.25) is 0 Å². The van der Waals surface area contributed by atoms with Crippen molar-refractivity contribution >= 4 is 22.4 Å². The highest BCUT2D eigenvalue weighted by Crippen LogP contribution is 2.49. The van der Waals surface area contributed by atoms with Crippen LogP contribution >= 0.6 is 0 Å². The molecule has 1 saturated carbocycles. The monoisotopic (exact) mass is 653 g/mol. The Bertz CT molecular complexity index is 1700.